The highest BCUT2D eigenvalue weighted by atomic mass is 32.2. The fourth-order valence-corrected chi connectivity index (χ4v) is 5.15. The minimum absolute atomic E-state index is 0.0476. The lowest BCUT2D eigenvalue weighted by Gasteiger charge is -2.34. The van der Waals surface area contributed by atoms with E-state index in [2.05, 4.69) is 0 Å². The SMILES string of the molecule is Cc1ccc(C)c(S(=O)(=O)N2CCN(C(=O)COc3cccc(C)c3C)CC2)c1. The first kappa shape index (κ1) is 21.3. The molecule has 0 N–H and O–H groups in total. The van der Waals surface area contributed by atoms with Gasteiger partial charge in [-0.2, -0.15) is 4.31 Å². The third-order valence-corrected chi connectivity index (χ3v) is 7.50. The van der Waals surface area contributed by atoms with Crippen molar-refractivity contribution in [1.29, 1.82) is 0 Å². The van der Waals surface area contributed by atoms with Crippen molar-refractivity contribution in [3.05, 3.63) is 58.7 Å². The number of rotatable bonds is 5. The Morgan fingerprint density at radius 1 is 0.966 bits per heavy atom. The second-order valence-corrected chi connectivity index (χ2v) is 9.45. The van der Waals surface area contributed by atoms with Crippen molar-refractivity contribution in [2.45, 2.75) is 32.6 Å². The number of piperazine rings is 1. The number of hydrogen-bond acceptors (Lipinski definition) is 4. The maximum Gasteiger partial charge on any atom is 0.260 e. The van der Waals surface area contributed by atoms with E-state index in [-0.39, 0.29) is 25.6 Å². The van der Waals surface area contributed by atoms with Crippen molar-refractivity contribution in [3.63, 3.8) is 0 Å². The minimum atomic E-state index is -3.57. The maximum atomic E-state index is 13.0. The summed E-state index contributed by atoms with van der Waals surface area (Å²) in [4.78, 5) is 14.5. The zero-order chi connectivity index (χ0) is 21.2. The molecule has 2 aromatic carbocycles. The van der Waals surface area contributed by atoms with E-state index in [1.165, 1.54) is 4.31 Å². The molecule has 7 heteroatoms. The monoisotopic (exact) mass is 416 g/mol. The van der Waals surface area contributed by atoms with Gasteiger partial charge >= 0.3 is 0 Å². The Morgan fingerprint density at radius 3 is 2.34 bits per heavy atom. The van der Waals surface area contributed by atoms with Crippen LogP contribution in [0.1, 0.15) is 22.3 Å². The molecule has 1 aliphatic rings. The van der Waals surface area contributed by atoms with Gasteiger partial charge in [-0.15, -0.1) is 0 Å². The number of carbonyl (C=O) groups excluding carboxylic acids is 1. The molecule has 2 aromatic rings. The Hall–Kier alpha value is -2.38. The molecule has 0 unspecified atom stereocenters. The van der Waals surface area contributed by atoms with Gasteiger partial charge in [0.15, 0.2) is 6.61 Å². The van der Waals surface area contributed by atoms with E-state index in [4.69, 9.17) is 4.74 Å². The van der Waals surface area contributed by atoms with Crippen LogP contribution in [0.4, 0.5) is 0 Å². The smallest absolute Gasteiger partial charge is 0.260 e. The average Bonchev–Trinajstić information content (AvgIpc) is 2.70. The van der Waals surface area contributed by atoms with Crippen LogP contribution in [0.25, 0.3) is 0 Å². The summed E-state index contributed by atoms with van der Waals surface area (Å²) in [5, 5.41) is 0. The Labute approximate surface area is 173 Å². The van der Waals surface area contributed by atoms with Crippen LogP contribution in [0, 0.1) is 27.7 Å². The molecule has 156 valence electrons. The molecule has 1 heterocycles. The number of ether oxygens (including phenoxy) is 1. The number of hydrogen-bond donors (Lipinski definition) is 0. The first-order valence-electron chi connectivity index (χ1n) is 9.74. The van der Waals surface area contributed by atoms with Gasteiger partial charge in [-0.25, -0.2) is 8.42 Å². The number of aryl methyl sites for hydroxylation is 3. The van der Waals surface area contributed by atoms with Gasteiger partial charge in [0.1, 0.15) is 5.75 Å². The Kier molecular flexibility index (Phi) is 6.29. The van der Waals surface area contributed by atoms with E-state index >= 15 is 0 Å². The van der Waals surface area contributed by atoms with Crippen LogP contribution >= 0.6 is 0 Å². The Balaban J connectivity index is 1.60. The van der Waals surface area contributed by atoms with Crippen LogP contribution in [0.5, 0.6) is 5.75 Å². The predicted molar refractivity (Wildman–Crippen MR) is 113 cm³/mol. The standard InChI is InChI=1S/C22H28N2O4S/c1-16-8-9-18(3)21(14-16)29(26,27)24-12-10-23(11-13-24)22(25)15-28-20-7-5-6-17(2)19(20)4/h5-9,14H,10-13,15H2,1-4H3. The Morgan fingerprint density at radius 2 is 1.66 bits per heavy atom. The van der Waals surface area contributed by atoms with Gasteiger partial charge in [-0.1, -0.05) is 24.3 Å². The third-order valence-electron chi connectivity index (χ3n) is 5.46. The summed E-state index contributed by atoms with van der Waals surface area (Å²) >= 11 is 0. The van der Waals surface area contributed by atoms with Crippen molar-refractivity contribution in [2.75, 3.05) is 32.8 Å². The van der Waals surface area contributed by atoms with Crippen molar-refractivity contribution in [1.82, 2.24) is 9.21 Å². The highest BCUT2D eigenvalue weighted by Gasteiger charge is 2.31. The molecule has 0 spiro atoms. The zero-order valence-electron chi connectivity index (χ0n) is 17.4. The number of carbonyl (C=O) groups is 1. The summed E-state index contributed by atoms with van der Waals surface area (Å²) in [7, 11) is -3.57. The van der Waals surface area contributed by atoms with E-state index < -0.39 is 10.0 Å². The first-order chi connectivity index (χ1) is 13.7. The van der Waals surface area contributed by atoms with Crippen LogP contribution in [0.2, 0.25) is 0 Å². The highest BCUT2D eigenvalue weighted by Crippen LogP contribution is 2.23. The highest BCUT2D eigenvalue weighted by molar-refractivity contribution is 7.89. The fourth-order valence-electron chi connectivity index (χ4n) is 3.41. The molecule has 3 rings (SSSR count). The summed E-state index contributed by atoms with van der Waals surface area (Å²) in [5.74, 6) is 0.573. The van der Waals surface area contributed by atoms with E-state index in [1.807, 2.05) is 51.1 Å². The van der Waals surface area contributed by atoms with Crippen LogP contribution in [-0.2, 0) is 14.8 Å². The van der Waals surface area contributed by atoms with E-state index in [0.29, 0.717) is 23.7 Å². The lowest BCUT2D eigenvalue weighted by molar-refractivity contribution is -0.134. The van der Waals surface area contributed by atoms with Crippen molar-refractivity contribution < 1.29 is 17.9 Å². The summed E-state index contributed by atoms with van der Waals surface area (Å²) in [6, 6.07) is 11.2. The molecule has 0 radical (unpaired) electrons. The number of benzene rings is 2. The lowest BCUT2D eigenvalue weighted by atomic mass is 10.1. The molecule has 0 aromatic heterocycles. The molecule has 1 amide bonds. The van der Waals surface area contributed by atoms with Crippen LogP contribution in [-0.4, -0.2) is 56.3 Å². The largest absolute Gasteiger partial charge is 0.483 e. The van der Waals surface area contributed by atoms with Gasteiger partial charge in [-0.05, 0) is 62.1 Å². The summed E-state index contributed by atoms with van der Waals surface area (Å²) < 4.78 is 33.2. The molecule has 1 fully saturated rings. The molecule has 1 aliphatic heterocycles. The van der Waals surface area contributed by atoms with Crippen molar-refractivity contribution in [2.24, 2.45) is 0 Å². The molecule has 6 nitrogen and oxygen atoms in total. The molecule has 0 saturated carbocycles. The molecule has 0 bridgehead atoms. The predicted octanol–water partition coefficient (Wildman–Crippen LogP) is 2.83. The molecule has 0 atom stereocenters. The van der Waals surface area contributed by atoms with Crippen molar-refractivity contribution in [3.8, 4) is 5.75 Å². The summed E-state index contributed by atoms with van der Waals surface area (Å²) in [6.45, 7) is 8.88. The third kappa shape index (κ3) is 4.62. The Bertz CT molecular complexity index is 1010. The minimum Gasteiger partial charge on any atom is -0.483 e. The number of amides is 1. The van der Waals surface area contributed by atoms with E-state index in [9.17, 15) is 13.2 Å². The van der Waals surface area contributed by atoms with Gasteiger partial charge in [0, 0.05) is 26.2 Å². The molecular formula is C22H28N2O4S. The van der Waals surface area contributed by atoms with Gasteiger partial charge in [0.25, 0.3) is 5.91 Å². The molecule has 29 heavy (non-hydrogen) atoms. The summed E-state index contributed by atoms with van der Waals surface area (Å²) in [5.41, 5.74) is 3.77. The number of sulfonamides is 1. The maximum absolute atomic E-state index is 13.0. The van der Waals surface area contributed by atoms with Crippen LogP contribution in [0.15, 0.2) is 41.3 Å². The number of nitrogens with zero attached hydrogens (tertiary/aromatic N) is 2. The topological polar surface area (TPSA) is 66.9 Å². The second kappa shape index (κ2) is 8.55. The molecule has 1 saturated heterocycles. The van der Waals surface area contributed by atoms with Gasteiger partial charge in [0.2, 0.25) is 10.0 Å². The normalized spacial score (nSPS) is 15.4. The zero-order valence-corrected chi connectivity index (χ0v) is 18.3. The average molecular weight is 417 g/mol. The lowest BCUT2D eigenvalue weighted by Crippen LogP contribution is -2.51. The molecule has 0 aliphatic carbocycles. The first-order valence-corrected chi connectivity index (χ1v) is 11.2. The van der Waals surface area contributed by atoms with Crippen LogP contribution < -0.4 is 4.74 Å². The van der Waals surface area contributed by atoms with Crippen LogP contribution in [0.3, 0.4) is 0 Å². The quantitative estimate of drug-likeness (QED) is 0.752. The van der Waals surface area contributed by atoms with E-state index in [1.54, 1.807) is 17.9 Å². The van der Waals surface area contributed by atoms with Crippen molar-refractivity contribution >= 4 is 15.9 Å². The summed E-state index contributed by atoms with van der Waals surface area (Å²) in [6.07, 6.45) is 0. The van der Waals surface area contributed by atoms with E-state index in [0.717, 1.165) is 22.3 Å². The molecular weight excluding hydrogens is 388 g/mol. The van der Waals surface area contributed by atoms with Gasteiger partial charge in [0.05, 0.1) is 4.90 Å². The fraction of sp³-hybridized carbons (Fsp3) is 0.409. The second-order valence-electron chi connectivity index (χ2n) is 7.54. The van der Waals surface area contributed by atoms with Gasteiger partial charge in [-0.3, -0.25) is 4.79 Å². The van der Waals surface area contributed by atoms with Gasteiger partial charge < -0.3 is 9.64 Å².